The minimum atomic E-state index is -1.74. The summed E-state index contributed by atoms with van der Waals surface area (Å²) in [5.41, 5.74) is -2.32. The zero-order chi connectivity index (χ0) is 28.4. The predicted molar refractivity (Wildman–Crippen MR) is 141 cm³/mol. The van der Waals surface area contributed by atoms with Gasteiger partial charge in [0.05, 0.1) is 12.0 Å². The normalized spacial score (nSPS) is 53.1. The van der Waals surface area contributed by atoms with Crippen molar-refractivity contribution in [2.24, 2.45) is 51.8 Å². The van der Waals surface area contributed by atoms with Crippen molar-refractivity contribution in [3.63, 3.8) is 0 Å². The molecule has 222 valence electrons. The SMILES string of the molecule is CC(C)CCOC1C2OC3(OCC45CC6C(C)CCC6C6(C=O)CC4C=C(C(C)C)C65C(=O)O)OC2OC1C3O. The van der Waals surface area contributed by atoms with Crippen molar-refractivity contribution in [2.75, 3.05) is 13.2 Å². The van der Waals surface area contributed by atoms with Crippen LogP contribution in [0.2, 0.25) is 0 Å². The first-order chi connectivity index (χ1) is 19.0. The highest BCUT2D eigenvalue weighted by Crippen LogP contribution is 2.82. The average molecular weight is 561 g/mol. The van der Waals surface area contributed by atoms with Crippen LogP contribution in [-0.2, 0) is 33.3 Å². The van der Waals surface area contributed by atoms with E-state index in [1.807, 2.05) is 13.8 Å². The monoisotopic (exact) mass is 560 g/mol. The summed E-state index contributed by atoms with van der Waals surface area (Å²) >= 11 is 0. The molecule has 8 aliphatic rings. The smallest absolute Gasteiger partial charge is 0.316 e. The molecule has 0 radical (unpaired) electrons. The summed E-state index contributed by atoms with van der Waals surface area (Å²) in [5, 5.41) is 22.6. The van der Waals surface area contributed by atoms with E-state index in [0.29, 0.717) is 31.3 Å². The molecule has 13 unspecified atom stereocenters. The molecule has 4 saturated heterocycles. The van der Waals surface area contributed by atoms with Crippen LogP contribution in [0, 0.1) is 51.8 Å². The van der Waals surface area contributed by atoms with E-state index >= 15 is 0 Å². The molecule has 3 saturated carbocycles. The summed E-state index contributed by atoms with van der Waals surface area (Å²) in [6.45, 7) is 11.1. The van der Waals surface area contributed by atoms with Crippen molar-refractivity contribution in [2.45, 2.75) is 103 Å². The quantitative estimate of drug-likeness (QED) is 0.305. The van der Waals surface area contributed by atoms with Gasteiger partial charge in [-0.15, -0.1) is 0 Å². The lowest BCUT2D eigenvalue weighted by molar-refractivity contribution is -0.448. The number of aliphatic carboxylic acids is 1. The molecule has 8 bridgehead atoms. The summed E-state index contributed by atoms with van der Waals surface area (Å²) in [4.78, 5) is 26.9. The number of aliphatic hydroxyl groups is 1. The van der Waals surface area contributed by atoms with Crippen LogP contribution in [0.3, 0.4) is 0 Å². The molecule has 4 aliphatic carbocycles. The maximum Gasteiger partial charge on any atom is 0.316 e. The summed E-state index contributed by atoms with van der Waals surface area (Å²) in [6.07, 6.45) is 3.48. The van der Waals surface area contributed by atoms with Crippen LogP contribution in [0.25, 0.3) is 0 Å². The van der Waals surface area contributed by atoms with Crippen molar-refractivity contribution >= 4 is 12.3 Å². The topological polar surface area (TPSA) is 121 Å². The van der Waals surface area contributed by atoms with E-state index in [-0.39, 0.29) is 30.3 Å². The van der Waals surface area contributed by atoms with Crippen LogP contribution in [0.15, 0.2) is 11.6 Å². The Labute approximate surface area is 235 Å². The number of hydrogen-bond donors (Lipinski definition) is 2. The maximum absolute atomic E-state index is 13.7. The van der Waals surface area contributed by atoms with E-state index in [0.717, 1.165) is 31.1 Å². The average Bonchev–Trinajstić information content (AvgIpc) is 3.63. The number of ether oxygens (including phenoxy) is 5. The second kappa shape index (κ2) is 8.83. The number of fused-ring (bicyclic) bond motifs is 2. The van der Waals surface area contributed by atoms with Gasteiger partial charge in [-0.3, -0.25) is 9.53 Å². The molecular formula is C31H44O9. The maximum atomic E-state index is 13.7. The van der Waals surface area contributed by atoms with Crippen LogP contribution in [-0.4, -0.2) is 72.4 Å². The van der Waals surface area contributed by atoms with Gasteiger partial charge in [0.15, 0.2) is 12.4 Å². The Hall–Kier alpha value is -1.36. The number of aldehydes is 1. The lowest BCUT2D eigenvalue weighted by atomic mass is 9.43. The zero-order valence-corrected chi connectivity index (χ0v) is 24.2. The summed E-state index contributed by atoms with van der Waals surface area (Å²) in [5.74, 6) is -1.64. The Morgan fingerprint density at radius 2 is 1.95 bits per heavy atom. The van der Waals surface area contributed by atoms with Crippen LogP contribution in [0.4, 0.5) is 0 Å². The van der Waals surface area contributed by atoms with Gasteiger partial charge < -0.3 is 34.0 Å². The van der Waals surface area contributed by atoms with Gasteiger partial charge in [0, 0.05) is 12.0 Å². The second-order valence-electron chi connectivity index (χ2n) is 14.5. The minimum Gasteiger partial charge on any atom is -0.481 e. The van der Waals surface area contributed by atoms with Crippen LogP contribution >= 0.6 is 0 Å². The van der Waals surface area contributed by atoms with Gasteiger partial charge >= 0.3 is 11.9 Å². The van der Waals surface area contributed by atoms with Gasteiger partial charge in [0.2, 0.25) is 0 Å². The fourth-order valence-electron chi connectivity index (χ4n) is 10.5. The number of allylic oxidation sites excluding steroid dienone is 1. The molecule has 2 N–H and O–H groups in total. The van der Waals surface area contributed by atoms with Crippen molar-refractivity contribution in [1.82, 2.24) is 0 Å². The summed E-state index contributed by atoms with van der Waals surface area (Å²) in [7, 11) is 0. The van der Waals surface area contributed by atoms with Crippen molar-refractivity contribution < 1.29 is 43.5 Å². The molecule has 40 heavy (non-hydrogen) atoms. The molecule has 0 spiro atoms. The second-order valence-corrected chi connectivity index (χ2v) is 14.5. The van der Waals surface area contributed by atoms with Gasteiger partial charge in [-0.2, -0.15) is 0 Å². The number of aliphatic hydroxyl groups excluding tert-OH is 1. The van der Waals surface area contributed by atoms with E-state index in [1.165, 1.54) is 0 Å². The molecule has 0 aromatic carbocycles. The Balaban J connectivity index is 1.22. The third kappa shape index (κ3) is 3.04. The fourth-order valence-corrected chi connectivity index (χ4v) is 10.5. The summed E-state index contributed by atoms with van der Waals surface area (Å²) < 4.78 is 30.9. The standard InChI is InChI=1S/C31H44O9/c1-15(2)8-9-36-22-23-25(33)31(39-24(22)26(38-23)40-31)37-14-29-12-19-17(5)6-7-20(19)28(13-32)11-18(29)10-21(16(3)4)30(28,29)27(34)35/h10,13,15-20,22-26,33H,6-9,11-12,14H2,1-5H3,(H,34,35). The predicted octanol–water partition coefficient (Wildman–Crippen LogP) is 3.53. The lowest BCUT2D eigenvalue weighted by Crippen LogP contribution is -2.66. The van der Waals surface area contributed by atoms with E-state index in [4.69, 9.17) is 23.7 Å². The van der Waals surface area contributed by atoms with Crippen molar-refractivity contribution in [3.05, 3.63) is 11.6 Å². The van der Waals surface area contributed by atoms with Crippen LogP contribution in [0.1, 0.15) is 66.7 Å². The number of carboxylic acid groups (broad SMARTS) is 1. The van der Waals surface area contributed by atoms with Gasteiger partial charge in [-0.25, -0.2) is 0 Å². The molecule has 9 heteroatoms. The Bertz CT molecular complexity index is 1120. The molecule has 0 aromatic heterocycles. The third-order valence-corrected chi connectivity index (χ3v) is 12.1. The van der Waals surface area contributed by atoms with Crippen molar-refractivity contribution in [3.8, 4) is 0 Å². The lowest BCUT2D eigenvalue weighted by Gasteiger charge is -2.58. The number of carboxylic acids is 1. The molecule has 0 aromatic rings. The highest BCUT2D eigenvalue weighted by molar-refractivity contribution is 5.90. The Kier molecular flexibility index (Phi) is 6.07. The number of rotatable bonds is 10. The molecule has 4 aliphatic heterocycles. The number of carbonyl (C=O) groups excluding carboxylic acids is 1. The zero-order valence-electron chi connectivity index (χ0n) is 24.2. The first kappa shape index (κ1) is 27.5. The number of carbonyl (C=O) groups is 2. The van der Waals surface area contributed by atoms with E-state index < -0.39 is 58.9 Å². The molecular weight excluding hydrogens is 516 g/mol. The molecule has 9 nitrogen and oxygen atoms in total. The largest absolute Gasteiger partial charge is 0.481 e. The Morgan fingerprint density at radius 3 is 2.62 bits per heavy atom. The number of hydrogen-bond acceptors (Lipinski definition) is 8. The Morgan fingerprint density at radius 1 is 1.18 bits per heavy atom. The fraction of sp³-hybridized carbons (Fsp3) is 0.871. The van der Waals surface area contributed by atoms with Crippen molar-refractivity contribution in [1.29, 1.82) is 0 Å². The van der Waals surface area contributed by atoms with Gasteiger partial charge in [0.1, 0.15) is 30.0 Å². The van der Waals surface area contributed by atoms with Crippen LogP contribution in [0.5, 0.6) is 0 Å². The molecule has 13 atom stereocenters. The highest BCUT2D eigenvalue weighted by Gasteiger charge is 2.85. The molecule has 4 heterocycles. The summed E-state index contributed by atoms with van der Waals surface area (Å²) in [6, 6.07) is 0. The van der Waals surface area contributed by atoms with E-state index in [1.54, 1.807) is 0 Å². The van der Waals surface area contributed by atoms with Gasteiger partial charge in [0.25, 0.3) is 0 Å². The minimum absolute atomic E-state index is 0.0182. The highest BCUT2D eigenvalue weighted by atomic mass is 17.0. The molecule has 8 rings (SSSR count). The van der Waals surface area contributed by atoms with Crippen LogP contribution < -0.4 is 0 Å². The molecule has 7 fully saturated rings. The van der Waals surface area contributed by atoms with E-state index in [9.17, 15) is 19.8 Å². The van der Waals surface area contributed by atoms with Gasteiger partial charge in [-0.1, -0.05) is 52.7 Å². The third-order valence-electron chi connectivity index (χ3n) is 12.1. The van der Waals surface area contributed by atoms with E-state index in [2.05, 4.69) is 26.8 Å². The molecule has 0 amide bonds. The first-order valence-corrected chi connectivity index (χ1v) is 15.3. The van der Waals surface area contributed by atoms with Gasteiger partial charge in [-0.05, 0) is 61.2 Å². The first-order valence-electron chi connectivity index (χ1n) is 15.3.